The second kappa shape index (κ2) is 7.59. The van der Waals surface area contributed by atoms with Gasteiger partial charge in [0.2, 0.25) is 0 Å². The summed E-state index contributed by atoms with van der Waals surface area (Å²) >= 11 is 3.29. The quantitative estimate of drug-likeness (QED) is 0.555. The zero-order valence-electron chi connectivity index (χ0n) is 10.3. The Morgan fingerprint density at radius 1 is 1.16 bits per heavy atom. The molecule has 0 aliphatic heterocycles. The van der Waals surface area contributed by atoms with Gasteiger partial charge in [-0.2, -0.15) is 0 Å². The Bertz CT molecular complexity index is 396. The first-order valence-electron chi connectivity index (χ1n) is 5.62. The number of alkyl halides is 4. The summed E-state index contributed by atoms with van der Waals surface area (Å²) < 4.78 is 49.8. The Balaban J connectivity index is 2.64. The van der Waals surface area contributed by atoms with Crippen LogP contribution in [0.5, 0.6) is 11.5 Å². The number of para-hydroxylation sites is 1. The standard InChI is InChI=1S/C12H14BrF3O3/c1-2-17-10-5-3-4-9(8-13)11(10)18-6-7-19-12(14,15)16/h3-5H,2,6-8H2,1H3. The second-order valence-corrected chi connectivity index (χ2v) is 4.01. The number of ether oxygens (including phenoxy) is 3. The summed E-state index contributed by atoms with van der Waals surface area (Å²) in [5.74, 6) is 0.943. The maximum absolute atomic E-state index is 11.8. The van der Waals surface area contributed by atoms with Crippen molar-refractivity contribution >= 4 is 15.9 Å². The summed E-state index contributed by atoms with van der Waals surface area (Å²) in [6.45, 7) is 1.49. The topological polar surface area (TPSA) is 27.7 Å². The van der Waals surface area contributed by atoms with Gasteiger partial charge in [0.05, 0.1) is 13.2 Å². The molecule has 0 saturated carbocycles. The molecule has 19 heavy (non-hydrogen) atoms. The number of hydrogen-bond acceptors (Lipinski definition) is 3. The zero-order valence-corrected chi connectivity index (χ0v) is 11.9. The lowest BCUT2D eigenvalue weighted by molar-refractivity contribution is -0.325. The molecule has 0 atom stereocenters. The van der Waals surface area contributed by atoms with Gasteiger partial charge in [-0.3, -0.25) is 4.74 Å². The largest absolute Gasteiger partial charge is 0.522 e. The fraction of sp³-hybridized carbons (Fsp3) is 0.500. The van der Waals surface area contributed by atoms with Crippen LogP contribution in [0.25, 0.3) is 0 Å². The molecule has 0 fully saturated rings. The van der Waals surface area contributed by atoms with E-state index in [2.05, 4.69) is 20.7 Å². The summed E-state index contributed by atoms with van der Waals surface area (Å²) in [4.78, 5) is 0. The van der Waals surface area contributed by atoms with Crippen LogP contribution in [0.15, 0.2) is 18.2 Å². The smallest absolute Gasteiger partial charge is 0.490 e. The van der Waals surface area contributed by atoms with Crippen molar-refractivity contribution in [1.29, 1.82) is 0 Å². The molecule has 0 aliphatic rings. The van der Waals surface area contributed by atoms with Crippen molar-refractivity contribution in [2.24, 2.45) is 0 Å². The van der Waals surface area contributed by atoms with E-state index in [4.69, 9.17) is 9.47 Å². The lowest BCUT2D eigenvalue weighted by Crippen LogP contribution is -2.18. The summed E-state index contributed by atoms with van der Waals surface area (Å²) in [6.07, 6.45) is -4.64. The zero-order chi connectivity index (χ0) is 14.3. The molecule has 0 N–H and O–H groups in total. The van der Waals surface area contributed by atoms with E-state index in [1.807, 2.05) is 6.92 Å². The first-order valence-corrected chi connectivity index (χ1v) is 6.74. The van der Waals surface area contributed by atoms with Crippen molar-refractivity contribution in [3.05, 3.63) is 23.8 Å². The third-order valence-electron chi connectivity index (χ3n) is 2.10. The lowest BCUT2D eigenvalue weighted by atomic mass is 10.2. The molecule has 0 radical (unpaired) electrons. The number of halogens is 4. The summed E-state index contributed by atoms with van der Waals surface area (Å²) in [7, 11) is 0. The molecule has 1 aromatic rings. The van der Waals surface area contributed by atoms with Crippen LogP contribution in [-0.4, -0.2) is 26.2 Å². The van der Waals surface area contributed by atoms with Crippen LogP contribution in [0.3, 0.4) is 0 Å². The molecule has 1 rings (SSSR count). The third kappa shape index (κ3) is 5.69. The van der Waals surface area contributed by atoms with E-state index >= 15 is 0 Å². The van der Waals surface area contributed by atoms with Crippen LogP contribution in [0, 0.1) is 0 Å². The maximum Gasteiger partial charge on any atom is 0.522 e. The highest BCUT2D eigenvalue weighted by atomic mass is 79.9. The van der Waals surface area contributed by atoms with Crippen LogP contribution in [0.2, 0.25) is 0 Å². The van der Waals surface area contributed by atoms with Gasteiger partial charge in [0.15, 0.2) is 11.5 Å². The van der Waals surface area contributed by atoms with Gasteiger partial charge in [-0.1, -0.05) is 28.1 Å². The van der Waals surface area contributed by atoms with Crippen molar-refractivity contribution in [2.75, 3.05) is 19.8 Å². The monoisotopic (exact) mass is 342 g/mol. The van der Waals surface area contributed by atoms with E-state index < -0.39 is 13.0 Å². The summed E-state index contributed by atoms with van der Waals surface area (Å²) in [6, 6.07) is 5.30. The molecule has 108 valence electrons. The average molecular weight is 343 g/mol. The minimum Gasteiger partial charge on any atom is -0.490 e. The van der Waals surface area contributed by atoms with Gasteiger partial charge in [0, 0.05) is 10.9 Å². The van der Waals surface area contributed by atoms with Gasteiger partial charge in [-0.15, -0.1) is 13.2 Å². The van der Waals surface area contributed by atoms with Crippen molar-refractivity contribution in [3.8, 4) is 11.5 Å². The first-order chi connectivity index (χ1) is 8.98. The fourth-order valence-electron chi connectivity index (χ4n) is 1.40. The van der Waals surface area contributed by atoms with E-state index in [9.17, 15) is 13.2 Å². The van der Waals surface area contributed by atoms with E-state index in [0.29, 0.717) is 23.4 Å². The molecular formula is C12H14BrF3O3. The van der Waals surface area contributed by atoms with E-state index in [0.717, 1.165) is 5.56 Å². The number of hydrogen-bond donors (Lipinski definition) is 0. The highest BCUT2D eigenvalue weighted by Crippen LogP contribution is 2.32. The molecule has 0 unspecified atom stereocenters. The Morgan fingerprint density at radius 3 is 2.47 bits per heavy atom. The normalized spacial score (nSPS) is 11.4. The Morgan fingerprint density at radius 2 is 1.89 bits per heavy atom. The van der Waals surface area contributed by atoms with Gasteiger partial charge in [0.25, 0.3) is 0 Å². The number of rotatable bonds is 7. The molecule has 0 spiro atoms. The van der Waals surface area contributed by atoms with Gasteiger partial charge < -0.3 is 9.47 Å². The first kappa shape index (κ1) is 16.1. The van der Waals surface area contributed by atoms with E-state index in [-0.39, 0.29) is 6.61 Å². The molecule has 0 aromatic heterocycles. The van der Waals surface area contributed by atoms with Gasteiger partial charge in [-0.05, 0) is 13.0 Å². The van der Waals surface area contributed by atoms with Crippen LogP contribution < -0.4 is 9.47 Å². The van der Waals surface area contributed by atoms with Crippen molar-refractivity contribution < 1.29 is 27.4 Å². The van der Waals surface area contributed by atoms with E-state index in [1.165, 1.54) is 0 Å². The third-order valence-corrected chi connectivity index (χ3v) is 2.70. The molecule has 1 aromatic carbocycles. The molecular weight excluding hydrogens is 329 g/mol. The Hall–Kier alpha value is -0.950. The Kier molecular flexibility index (Phi) is 6.44. The second-order valence-electron chi connectivity index (χ2n) is 3.45. The minimum absolute atomic E-state index is 0.205. The predicted octanol–water partition coefficient (Wildman–Crippen LogP) is 3.90. The van der Waals surface area contributed by atoms with Crippen molar-refractivity contribution in [3.63, 3.8) is 0 Å². The molecule has 3 nitrogen and oxygen atoms in total. The lowest BCUT2D eigenvalue weighted by Gasteiger charge is -2.15. The van der Waals surface area contributed by atoms with Crippen LogP contribution in [0.4, 0.5) is 13.2 Å². The number of benzene rings is 1. The van der Waals surface area contributed by atoms with Crippen LogP contribution in [0.1, 0.15) is 12.5 Å². The highest BCUT2D eigenvalue weighted by molar-refractivity contribution is 9.08. The highest BCUT2D eigenvalue weighted by Gasteiger charge is 2.28. The average Bonchev–Trinajstić information content (AvgIpc) is 2.35. The summed E-state index contributed by atoms with van der Waals surface area (Å²) in [5.41, 5.74) is 0.804. The van der Waals surface area contributed by atoms with Gasteiger partial charge in [-0.25, -0.2) is 0 Å². The molecule has 0 aliphatic carbocycles. The van der Waals surface area contributed by atoms with Gasteiger partial charge in [0.1, 0.15) is 6.61 Å². The SMILES string of the molecule is CCOc1cccc(CBr)c1OCCOC(F)(F)F. The van der Waals surface area contributed by atoms with Crippen LogP contribution >= 0.6 is 15.9 Å². The predicted molar refractivity (Wildman–Crippen MR) is 67.7 cm³/mol. The fourth-order valence-corrected chi connectivity index (χ4v) is 1.84. The molecule has 0 heterocycles. The Labute approximate surface area is 117 Å². The maximum atomic E-state index is 11.8. The van der Waals surface area contributed by atoms with Crippen molar-refractivity contribution in [1.82, 2.24) is 0 Å². The van der Waals surface area contributed by atoms with Crippen LogP contribution in [-0.2, 0) is 10.1 Å². The van der Waals surface area contributed by atoms with E-state index in [1.54, 1.807) is 18.2 Å². The van der Waals surface area contributed by atoms with Crippen molar-refractivity contribution in [2.45, 2.75) is 18.6 Å². The molecule has 7 heteroatoms. The molecule has 0 bridgehead atoms. The minimum atomic E-state index is -4.64. The summed E-state index contributed by atoms with van der Waals surface area (Å²) in [5, 5.41) is 0.517. The molecule has 0 amide bonds. The molecule has 0 saturated heterocycles. The van der Waals surface area contributed by atoms with Gasteiger partial charge >= 0.3 is 6.36 Å².